The zero-order valence-electron chi connectivity index (χ0n) is 17.2. The number of imidazole rings is 1. The summed E-state index contributed by atoms with van der Waals surface area (Å²) in [7, 11) is -3.59. The number of benzene rings is 2. The van der Waals surface area contributed by atoms with E-state index in [1.807, 2.05) is 0 Å². The van der Waals surface area contributed by atoms with Crippen LogP contribution >= 0.6 is 27.5 Å². The maximum atomic E-state index is 13.9. The lowest BCUT2D eigenvalue weighted by atomic mass is 10.2. The number of H-pyrrole nitrogens is 2. The van der Waals surface area contributed by atoms with E-state index in [4.69, 9.17) is 11.6 Å². The smallest absolute Gasteiger partial charge is 0.179 e. The Hall–Kier alpha value is -2.63. The van der Waals surface area contributed by atoms with Crippen LogP contribution in [0.5, 0.6) is 0 Å². The van der Waals surface area contributed by atoms with E-state index in [9.17, 15) is 12.8 Å². The Kier molecular flexibility index (Phi) is 7.20. The zero-order valence-corrected chi connectivity index (χ0v) is 20.4. The second-order valence-corrected chi connectivity index (χ2v) is 10.7. The van der Waals surface area contributed by atoms with Crippen LogP contribution in [0, 0.1) is 5.82 Å². The van der Waals surface area contributed by atoms with Crippen molar-refractivity contribution < 1.29 is 12.8 Å². The first-order valence-corrected chi connectivity index (χ1v) is 12.9. The van der Waals surface area contributed by atoms with Crippen molar-refractivity contribution in [2.24, 2.45) is 0 Å². The van der Waals surface area contributed by atoms with E-state index in [1.54, 1.807) is 30.5 Å². The molecule has 4 aromatic rings. The normalized spacial score (nSPS) is 11.7. The standard InChI is InChI=1S/C21H19BrClFN6O2S/c22-15-7-5-13(10-17(15)24)18-12-25-21(26-18)14-6-8-16(23)19(11-14)33(31,32)9-3-1-2-4-20-27-29-30-28-20/h5-8,10-12H,1-4,9H2,(H,25,26)(H,27,28,29,30). The Morgan fingerprint density at radius 1 is 1.06 bits per heavy atom. The number of rotatable bonds is 9. The fourth-order valence-corrected chi connectivity index (χ4v) is 5.51. The quantitative estimate of drug-likeness (QED) is 0.282. The summed E-state index contributed by atoms with van der Waals surface area (Å²) >= 11 is 9.36. The van der Waals surface area contributed by atoms with Gasteiger partial charge in [0.05, 0.1) is 32.0 Å². The van der Waals surface area contributed by atoms with E-state index < -0.39 is 9.84 Å². The zero-order chi connectivity index (χ0) is 23.4. The van der Waals surface area contributed by atoms with Crippen molar-refractivity contribution in [3.8, 4) is 22.6 Å². The SMILES string of the molecule is O=S(=O)(CCCCCc1nn[nH]n1)c1cc(-c2ncc(-c3ccc(Br)c(F)c3)[nH]2)ccc1Cl. The molecule has 0 saturated carbocycles. The number of halogens is 3. The molecule has 2 aromatic carbocycles. The molecule has 172 valence electrons. The molecule has 2 N–H and O–H groups in total. The molecule has 2 heterocycles. The summed E-state index contributed by atoms with van der Waals surface area (Å²) in [5.74, 6) is 0.656. The van der Waals surface area contributed by atoms with Crippen LogP contribution in [-0.2, 0) is 16.3 Å². The van der Waals surface area contributed by atoms with Crippen molar-refractivity contribution in [1.29, 1.82) is 0 Å². The fraction of sp³-hybridized carbons (Fsp3) is 0.238. The highest BCUT2D eigenvalue weighted by molar-refractivity contribution is 9.10. The van der Waals surface area contributed by atoms with Crippen LogP contribution in [0.15, 0.2) is 52.0 Å². The molecule has 0 bridgehead atoms. The molecule has 0 aliphatic carbocycles. The van der Waals surface area contributed by atoms with Crippen LogP contribution in [0.25, 0.3) is 22.6 Å². The molecule has 0 aliphatic rings. The van der Waals surface area contributed by atoms with Crippen LogP contribution in [0.4, 0.5) is 4.39 Å². The van der Waals surface area contributed by atoms with Gasteiger partial charge >= 0.3 is 0 Å². The minimum Gasteiger partial charge on any atom is -0.338 e. The number of nitrogens with zero attached hydrogens (tertiary/aromatic N) is 4. The lowest BCUT2D eigenvalue weighted by molar-refractivity contribution is 0.589. The van der Waals surface area contributed by atoms with Crippen LogP contribution in [0.3, 0.4) is 0 Å². The summed E-state index contributed by atoms with van der Waals surface area (Å²) in [6, 6.07) is 9.50. The monoisotopic (exact) mass is 552 g/mol. The summed E-state index contributed by atoms with van der Waals surface area (Å²) in [5.41, 5.74) is 1.80. The Labute approximate surface area is 203 Å². The van der Waals surface area contributed by atoms with Crippen molar-refractivity contribution in [1.82, 2.24) is 30.6 Å². The van der Waals surface area contributed by atoms with Crippen molar-refractivity contribution >= 4 is 37.4 Å². The third-order valence-electron chi connectivity index (χ3n) is 5.05. The average Bonchev–Trinajstić information content (AvgIpc) is 3.48. The van der Waals surface area contributed by atoms with E-state index in [2.05, 4.69) is 46.5 Å². The summed E-state index contributed by atoms with van der Waals surface area (Å²) in [6.45, 7) is 0. The van der Waals surface area contributed by atoms with Crippen molar-refractivity contribution in [2.45, 2.75) is 30.6 Å². The fourth-order valence-electron chi connectivity index (χ4n) is 3.32. The van der Waals surface area contributed by atoms with Crippen molar-refractivity contribution in [3.05, 3.63) is 63.7 Å². The highest BCUT2D eigenvalue weighted by Crippen LogP contribution is 2.30. The van der Waals surface area contributed by atoms with Gasteiger partial charge in [0.25, 0.3) is 0 Å². The molecule has 0 fully saturated rings. The van der Waals surface area contributed by atoms with Gasteiger partial charge in [-0.25, -0.2) is 17.8 Å². The summed E-state index contributed by atoms with van der Waals surface area (Å²) in [4.78, 5) is 7.51. The molecule has 2 aromatic heterocycles. The van der Waals surface area contributed by atoms with Gasteiger partial charge in [-0.2, -0.15) is 5.21 Å². The molecular weight excluding hydrogens is 535 g/mol. The number of tetrazole rings is 1. The molecule has 0 atom stereocenters. The van der Waals surface area contributed by atoms with Gasteiger partial charge in [0, 0.05) is 17.5 Å². The first-order chi connectivity index (χ1) is 15.8. The lowest BCUT2D eigenvalue weighted by Crippen LogP contribution is -2.08. The molecule has 0 radical (unpaired) electrons. The highest BCUT2D eigenvalue weighted by atomic mass is 79.9. The number of aromatic nitrogens is 6. The molecule has 0 aliphatic heterocycles. The van der Waals surface area contributed by atoms with Gasteiger partial charge in [0.15, 0.2) is 15.7 Å². The first kappa shape index (κ1) is 23.5. The maximum Gasteiger partial charge on any atom is 0.179 e. The molecule has 33 heavy (non-hydrogen) atoms. The Morgan fingerprint density at radius 3 is 2.64 bits per heavy atom. The Bertz CT molecular complexity index is 1360. The lowest BCUT2D eigenvalue weighted by Gasteiger charge is -2.08. The minimum absolute atomic E-state index is 0.0238. The van der Waals surface area contributed by atoms with Crippen LogP contribution < -0.4 is 0 Å². The molecule has 0 saturated heterocycles. The number of aromatic amines is 2. The number of sulfone groups is 1. The number of hydrogen-bond acceptors (Lipinski definition) is 6. The van der Waals surface area contributed by atoms with Crippen LogP contribution in [0.1, 0.15) is 25.1 Å². The van der Waals surface area contributed by atoms with E-state index >= 15 is 0 Å². The summed E-state index contributed by atoms with van der Waals surface area (Å²) in [5, 5.41) is 13.8. The molecule has 8 nitrogen and oxygen atoms in total. The summed E-state index contributed by atoms with van der Waals surface area (Å²) in [6.07, 6.45) is 4.16. The molecule has 0 spiro atoms. The average molecular weight is 554 g/mol. The predicted molar refractivity (Wildman–Crippen MR) is 126 cm³/mol. The predicted octanol–water partition coefficient (Wildman–Crippen LogP) is 5.00. The highest BCUT2D eigenvalue weighted by Gasteiger charge is 2.20. The van der Waals surface area contributed by atoms with E-state index in [0.717, 1.165) is 6.42 Å². The number of unbranched alkanes of at least 4 members (excludes halogenated alkanes) is 2. The van der Waals surface area contributed by atoms with Gasteiger partial charge in [-0.15, -0.1) is 10.2 Å². The molecule has 0 unspecified atom stereocenters. The van der Waals surface area contributed by atoms with Crippen molar-refractivity contribution in [2.75, 3.05) is 5.75 Å². The minimum atomic E-state index is -3.59. The largest absolute Gasteiger partial charge is 0.338 e. The number of aryl methyl sites for hydroxylation is 1. The van der Waals surface area contributed by atoms with Gasteiger partial charge in [-0.05, 0) is 59.1 Å². The third kappa shape index (κ3) is 5.66. The van der Waals surface area contributed by atoms with E-state index in [1.165, 1.54) is 12.1 Å². The topological polar surface area (TPSA) is 117 Å². The molecule has 4 rings (SSSR count). The first-order valence-electron chi connectivity index (χ1n) is 10.1. The van der Waals surface area contributed by atoms with Gasteiger partial charge in [-0.1, -0.05) is 29.3 Å². The second kappa shape index (κ2) is 10.1. The van der Waals surface area contributed by atoms with Crippen LogP contribution in [-0.4, -0.2) is 44.8 Å². The van der Waals surface area contributed by atoms with E-state index in [0.29, 0.717) is 52.2 Å². The van der Waals surface area contributed by atoms with Crippen molar-refractivity contribution in [3.63, 3.8) is 0 Å². The van der Waals surface area contributed by atoms with Gasteiger partial charge in [0.2, 0.25) is 0 Å². The molecular formula is C21H19BrClFN6O2S. The number of nitrogens with one attached hydrogen (secondary N) is 2. The molecule has 0 amide bonds. The second-order valence-electron chi connectivity index (χ2n) is 7.38. The van der Waals surface area contributed by atoms with Crippen LogP contribution in [0.2, 0.25) is 5.02 Å². The maximum absolute atomic E-state index is 13.9. The van der Waals surface area contributed by atoms with E-state index in [-0.39, 0.29) is 21.5 Å². The van der Waals surface area contributed by atoms with Gasteiger partial charge < -0.3 is 4.98 Å². The van der Waals surface area contributed by atoms with Gasteiger partial charge in [0.1, 0.15) is 11.6 Å². The third-order valence-corrected chi connectivity index (χ3v) is 7.97. The Morgan fingerprint density at radius 2 is 1.88 bits per heavy atom. The number of hydrogen-bond donors (Lipinski definition) is 2. The Balaban J connectivity index is 1.47. The summed E-state index contributed by atoms with van der Waals surface area (Å²) < 4.78 is 40.1. The van der Waals surface area contributed by atoms with Gasteiger partial charge in [-0.3, -0.25) is 0 Å². The molecule has 12 heteroatoms.